The maximum absolute atomic E-state index is 12.7. The van der Waals surface area contributed by atoms with Crippen LogP contribution in [0.5, 0.6) is 0 Å². The number of carbonyl (C=O) groups excluding carboxylic acids is 1. The number of rotatable bonds is 2. The summed E-state index contributed by atoms with van der Waals surface area (Å²) in [5.41, 5.74) is 0.848. The van der Waals surface area contributed by atoms with E-state index >= 15 is 0 Å². The van der Waals surface area contributed by atoms with Crippen molar-refractivity contribution in [2.75, 3.05) is 19.6 Å². The summed E-state index contributed by atoms with van der Waals surface area (Å²) in [5.74, 6) is 0.335. The number of hydrogen-bond acceptors (Lipinski definition) is 3. The Morgan fingerprint density at radius 2 is 2.00 bits per heavy atom. The van der Waals surface area contributed by atoms with Crippen LogP contribution < -0.4 is 5.32 Å². The van der Waals surface area contributed by atoms with Crippen molar-refractivity contribution in [3.8, 4) is 0 Å². The van der Waals surface area contributed by atoms with Gasteiger partial charge in [0.2, 0.25) is 15.9 Å². The maximum Gasteiger partial charge on any atom is 0.243 e. The molecule has 0 bridgehead atoms. The summed E-state index contributed by atoms with van der Waals surface area (Å²) in [4.78, 5) is 11.6. The average Bonchev–Trinajstić information content (AvgIpc) is 2.85. The maximum atomic E-state index is 12.7. The number of nitrogens with one attached hydrogen (secondary N) is 1. The van der Waals surface area contributed by atoms with Crippen molar-refractivity contribution in [3.63, 3.8) is 0 Å². The Hall–Kier alpha value is -1.11. The molecule has 0 aromatic heterocycles. The molecule has 2 fully saturated rings. The number of benzene rings is 1. The van der Waals surface area contributed by atoms with Gasteiger partial charge in [0.1, 0.15) is 0 Å². The molecule has 7 heteroatoms. The highest BCUT2D eigenvalue weighted by Crippen LogP contribution is 2.33. The SMILES string of the molecule is Cc1ccc(S(=O)(=O)N2C[C@H]3CC(=O)NC[C@H]3C2)cc1Cl. The Labute approximate surface area is 129 Å². The van der Waals surface area contributed by atoms with Gasteiger partial charge < -0.3 is 5.32 Å². The van der Waals surface area contributed by atoms with E-state index in [-0.39, 0.29) is 22.6 Å². The second-order valence-corrected chi connectivity index (χ2v) is 8.11. The van der Waals surface area contributed by atoms with Gasteiger partial charge in [0.05, 0.1) is 4.90 Å². The van der Waals surface area contributed by atoms with Gasteiger partial charge in [-0.05, 0) is 36.5 Å². The molecular formula is C14H17ClN2O3S. The molecule has 2 aliphatic rings. The molecule has 3 rings (SSSR count). The molecule has 0 saturated carbocycles. The molecule has 2 atom stereocenters. The molecule has 1 amide bonds. The Balaban J connectivity index is 1.86. The molecule has 0 unspecified atom stereocenters. The number of aryl methyl sites for hydroxylation is 1. The van der Waals surface area contributed by atoms with Crippen molar-refractivity contribution in [1.82, 2.24) is 9.62 Å². The lowest BCUT2D eigenvalue weighted by Crippen LogP contribution is -2.40. The first-order valence-corrected chi connectivity index (χ1v) is 8.73. The van der Waals surface area contributed by atoms with Crippen molar-refractivity contribution in [3.05, 3.63) is 28.8 Å². The zero-order valence-electron chi connectivity index (χ0n) is 11.7. The largest absolute Gasteiger partial charge is 0.356 e. The van der Waals surface area contributed by atoms with E-state index in [1.54, 1.807) is 12.1 Å². The number of piperidine rings is 1. The summed E-state index contributed by atoms with van der Waals surface area (Å²) in [6.45, 7) is 3.26. The molecule has 0 spiro atoms. The molecule has 1 aromatic carbocycles. The molecule has 1 N–H and O–H groups in total. The Morgan fingerprint density at radius 1 is 1.29 bits per heavy atom. The fourth-order valence-electron chi connectivity index (χ4n) is 2.99. The molecule has 0 aliphatic carbocycles. The zero-order chi connectivity index (χ0) is 15.2. The topological polar surface area (TPSA) is 66.5 Å². The lowest BCUT2D eigenvalue weighted by molar-refractivity contribution is -0.124. The highest BCUT2D eigenvalue weighted by Gasteiger charge is 2.42. The number of halogens is 1. The number of hydrogen-bond donors (Lipinski definition) is 1. The predicted molar refractivity (Wildman–Crippen MR) is 79.6 cm³/mol. The Bertz CT molecular complexity index is 689. The minimum Gasteiger partial charge on any atom is -0.356 e. The summed E-state index contributed by atoms with van der Waals surface area (Å²) in [6.07, 6.45) is 0.408. The van der Waals surface area contributed by atoms with Crippen LogP contribution in [-0.2, 0) is 14.8 Å². The van der Waals surface area contributed by atoms with E-state index in [0.29, 0.717) is 31.1 Å². The molecule has 21 heavy (non-hydrogen) atoms. The molecular weight excluding hydrogens is 312 g/mol. The standard InChI is InChI=1S/C14H17ClN2O3S/c1-9-2-3-12(5-13(9)15)21(19,20)17-7-10-4-14(18)16-6-11(10)8-17/h2-3,5,10-11H,4,6-8H2,1H3,(H,16,18)/t10-,11+/m1/s1. The van der Waals surface area contributed by atoms with Crippen molar-refractivity contribution in [1.29, 1.82) is 0 Å². The molecule has 1 aromatic rings. The third kappa shape index (κ3) is 2.67. The summed E-state index contributed by atoms with van der Waals surface area (Å²) in [5, 5.41) is 3.25. The minimum absolute atomic E-state index is 0.00822. The molecule has 5 nitrogen and oxygen atoms in total. The normalized spacial score (nSPS) is 26.5. The lowest BCUT2D eigenvalue weighted by Gasteiger charge is -2.23. The van der Waals surface area contributed by atoms with Gasteiger partial charge in [-0.2, -0.15) is 4.31 Å². The van der Waals surface area contributed by atoms with Crippen molar-refractivity contribution in [2.24, 2.45) is 11.8 Å². The summed E-state index contributed by atoms with van der Waals surface area (Å²) in [6, 6.07) is 4.79. The van der Waals surface area contributed by atoms with Crippen molar-refractivity contribution >= 4 is 27.5 Å². The lowest BCUT2D eigenvalue weighted by atomic mass is 9.89. The van der Waals surface area contributed by atoms with Gasteiger partial charge in [0.15, 0.2) is 0 Å². The van der Waals surface area contributed by atoms with Crippen molar-refractivity contribution in [2.45, 2.75) is 18.2 Å². The van der Waals surface area contributed by atoms with E-state index in [1.165, 1.54) is 10.4 Å². The summed E-state index contributed by atoms with van der Waals surface area (Å²) >= 11 is 6.03. The van der Waals surface area contributed by atoms with Gasteiger partial charge in [-0.15, -0.1) is 0 Å². The highest BCUT2D eigenvalue weighted by molar-refractivity contribution is 7.89. The van der Waals surface area contributed by atoms with Crippen LogP contribution in [0.1, 0.15) is 12.0 Å². The quantitative estimate of drug-likeness (QED) is 0.892. The fraction of sp³-hybridized carbons (Fsp3) is 0.500. The third-order valence-corrected chi connectivity index (χ3v) is 6.57. The first-order chi connectivity index (χ1) is 9.88. The first-order valence-electron chi connectivity index (χ1n) is 6.91. The summed E-state index contributed by atoms with van der Waals surface area (Å²) < 4.78 is 26.8. The first kappa shape index (κ1) is 14.8. The van der Waals surface area contributed by atoms with E-state index in [4.69, 9.17) is 11.6 Å². The zero-order valence-corrected chi connectivity index (χ0v) is 13.2. The van der Waals surface area contributed by atoms with Crippen molar-refractivity contribution < 1.29 is 13.2 Å². The van der Waals surface area contributed by atoms with Gasteiger partial charge in [0.25, 0.3) is 0 Å². The number of fused-ring (bicyclic) bond motifs is 1. The monoisotopic (exact) mass is 328 g/mol. The van der Waals surface area contributed by atoms with Crippen LogP contribution in [0.25, 0.3) is 0 Å². The highest BCUT2D eigenvalue weighted by atomic mass is 35.5. The molecule has 2 aliphatic heterocycles. The van der Waals surface area contributed by atoms with Gasteiger partial charge in [-0.25, -0.2) is 8.42 Å². The van der Waals surface area contributed by atoms with E-state index in [2.05, 4.69) is 5.32 Å². The molecule has 114 valence electrons. The van der Waals surface area contributed by atoms with Crippen LogP contribution in [-0.4, -0.2) is 38.3 Å². The van der Waals surface area contributed by atoms with E-state index in [9.17, 15) is 13.2 Å². The van der Waals surface area contributed by atoms with Crippen LogP contribution in [0.15, 0.2) is 23.1 Å². The Kier molecular flexibility index (Phi) is 3.71. The van der Waals surface area contributed by atoms with Gasteiger partial charge in [0, 0.05) is 31.1 Å². The van der Waals surface area contributed by atoms with Crippen LogP contribution in [0.4, 0.5) is 0 Å². The molecule has 2 heterocycles. The van der Waals surface area contributed by atoms with E-state index in [1.807, 2.05) is 6.92 Å². The van der Waals surface area contributed by atoms with Gasteiger partial charge in [-0.3, -0.25) is 4.79 Å². The van der Waals surface area contributed by atoms with Gasteiger partial charge in [-0.1, -0.05) is 17.7 Å². The van der Waals surface area contributed by atoms with Crippen LogP contribution in [0.3, 0.4) is 0 Å². The third-order valence-electron chi connectivity index (χ3n) is 4.33. The average molecular weight is 329 g/mol. The van der Waals surface area contributed by atoms with Crippen LogP contribution in [0.2, 0.25) is 5.02 Å². The van der Waals surface area contributed by atoms with Gasteiger partial charge >= 0.3 is 0 Å². The smallest absolute Gasteiger partial charge is 0.243 e. The minimum atomic E-state index is -3.54. The van der Waals surface area contributed by atoms with Crippen LogP contribution >= 0.6 is 11.6 Å². The van der Waals surface area contributed by atoms with Crippen LogP contribution in [0, 0.1) is 18.8 Å². The second-order valence-electron chi connectivity index (χ2n) is 5.76. The number of amides is 1. The molecule has 0 radical (unpaired) electrons. The second kappa shape index (κ2) is 5.26. The van der Waals surface area contributed by atoms with E-state index in [0.717, 1.165) is 5.56 Å². The number of nitrogens with zero attached hydrogens (tertiary/aromatic N) is 1. The number of carbonyl (C=O) groups is 1. The van der Waals surface area contributed by atoms with E-state index < -0.39 is 10.0 Å². The summed E-state index contributed by atoms with van der Waals surface area (Å²) in [7, 11) is -3.54. The Morgan fingerprint density at radius 3 is 2.71 bits per heavy atom. The fourth-order valence-corrected chi connectivity index (χ4v) is 4.82. The number of sulfonamides is 1. The predicted octanol–water partition coefficient (Wildman–Crippen LogP) is 1.41. The molecule has 2 saturated heterocycles.